The Morgan fingerprint density at radius 1 is 1.32 bits per heavy atom. The summed E-state index contributed by atoms with van der Waals surface area (Å²) in [6.07, 6.45) is 0.705. The third-order valence-electron chi connectivity index (χ3n) is 3.25. The number of methoxy groups -OCH3 is 1. The highest BCUT2D eigenvalue weighted by Crippen LogP contribution is 2.20. The molecule has 0 spiro atoms. The van der Waals surface area contributed by atoms with Gasteiger partial charge in [0.15, 0.2) is 11.6 Å². The molecule has 0 fully saturated rings. The van der Waals surface area contributed by atoms with Gasteiger partial charge >= 0.3 is 5.97 Å². The zero-order chi connectivity index (χ0) is 16.7. The van der Waals surface area contributed by atoms with Crippen LogP contribution in [0.1, 0.15) is 20.3 Å². The van der Waals surface area contributed by atoms with E-state index < -0.39 is 23.6 Å². The van der Waals surface area contributed by atoms with Crippen LogP contribution in [0.5, 0.6) is 0 Å². The molecule has 0 aliphatic heterocycles. The number of rotatable bonds is 7. The van der Waals surface area contributed by atoms with E-state index in [0.29, 0.717) is 11.3 Å². The molecule has 0 aromatic heterocycles. The standard InChI is InChI=1S/C15H19F2NO3S/c1-4-9(2)14(15(20)21-3)18-13(19)8-22-10-5-6-11(16)12(17)7-10/h5-7,9,14H,4,8H2,1-3H3,(H,18,19)/t9-,14+/m1/s1. The molecule has 2 atom stereocenters. The van der Waals surface area contributed by atoms with E-state index in [-0.39, 0.29) is 17.6 Å². The fraction of sp³-hybridized carbons (Fsp3) is 0.467. The molecule has 1 N–H and O–H groups in total. The zero-order valence-electron chi connectivity index (χ0n) is 12.7. The van der Waals surface area contributed by atoms with E-state index in [9.17, 15) is 18.4 Å². The number of thioether (sulfide) groups is 1. The summed E-state index contributed by atoms with van der Waals surface area (Å²) in [5.74, 6) is -2.83. The number of halogens is 2. The average molecular weight is 331 g/mol. The van der Waals surface area contributed by atoms with E-state index in [0.717, 1.165) is 23.9 Å². The monoisotopic (exact) mass is 331 g/mol. The van der Waals surface area contributed by atoms with Crippen molar-refractivity contribution in [2.24, 2.45) is 5.92 Å². The number of carbonyl (C=O) groups excluding carboxylic acids is 2. The third kappa shape index (κ3) is 5.29. The Bertz CT molecular complexity index is 540. The lowest BCUT2D eigenvalue weighted by atomic mass is 9.99. The molecule has 0 bridgehead atoms. The third-order valence-corrected chi connectivity index (χ3v) is 4.24. The first-order chi connectivity index (χ1) is 10.4. The number of amides is 1. The Hall–Kier alpha value is -1.63. The molecule has 1 amide bonds. The number of ether oxygens (including phenoxy) is 1. The fourth-order valence-corrected chi connectivity index (χ4v) is 2.46. The number of hydrogen-bond acceptors (Lipinski definition) is 4. The largest absolute Gasteiger partial charge is 0.467 e. The van der Waals surface area contributed by atoms with Crippen LogP contribution < -0.4 is 5.32 Å². The first-order valence-corrected chi connectivity index (χ1v) is 7.82. The van der Waals surface area contributed by atoms with Crippen LogP contribution in [0.4, 0.5) is 8.78 Å². The summed E-state index contributed by atoms with van der Waals surface area (Å²) in [6.45, 7) is 3.74. The Morgan fingerprint density at radius 3 is 2.55 bits per heavy atom. The summed E-state index contributed by atoms with van der Waals surface area (Å²) in [5.41, 5.74) is 0. The van der Waals surface area contributed by atoms with Gasteiger partial charge in [-0.1, -0.05) is 20.3 Å². The van der Waals surface area contributed by atoms with Gasteiger partial charge in [-0.3, -0.25) is 4.79 Å². The number of esters is 1. The Kier molecular flexibility index (Phi) is 7.31. The van der Waals surface area contributed by atoms with Crippen LogP contribution in [0.3, 0.4) is 0 Å². The maximum absolute atomic E-state index is 13.1. The second kappa shape index (κ2) is 8.73. The van der Waals surface area contributed by atoms with Gasteiger partial charge in [-0.05, 0) is 24.1 Å². The Labute approximate surface area is 132 Å². The predicted molar refractivity (Wildman–Crippen MR) is 80.5 cm³/mol. The Balaban J connectivity index is 2.60. The average Bonchev–Trinajstić information content (AvgIpc) is 2.52. The molecule has 1 rings (SSSR count). The van der Waals surface area contributed by atoms with Crippen molar-refractivity contribution in [3.8, 4) is 0 Å². The second-order valence-electron chi connectivity index (χ2n) is 4.82. The fourth-order valence-electron chi connectivity index (χ4n) is 1.73. The SMILES string of the molecule is CC[C@@H](C)[C@H](NC(=O)CSc1ccc(F)c(F)c1)C(=O)OC. The summed E-state index contributed by atoms with van der Waals surface area (Å²) in [7, 11) is 1.26. The Morgan fingerprint density at radius 2 is 2.00 bits per heavy atom. The quantitative estimate of drug-likeness (QED) is 0.617. The van der Waals surface area contributed by atoms with Crippen molar-refractivity contribution < 1.29 is 23.1 Å². The van der Waals surface area contributed by atoms with Crippen LogP contribution in [-0.2, 0) is 14.3 Å². The summed E-state index contributed by atoms with van der Waals surface area (Å²) in [4.78, 5) is 24.0. The zero-order valence-corrected chi connectivity index (χ0v) is 13.5. The predicted octanol–water partition coefficient (Wildman–Crippen LogP) is 2.76. The second-order valence-corrected chi connectivity index (χ2v) is 5.87. The lowest BCUT2D eigenvalue weighted by Gasteiger charge is -2.21. The van der Waals surface area contributed by atoms with Crippen molar-refractivity contribution in [1.29, 1.82) is 0 Å². The van der Waals surface area contributed by atoms with E-state index in [1.807, 2.05) is 13.8 Å². The van der Waals surface area contributed by atoms with Gasteiger partial charge < -0.3 is 10.1 Å². The van der Waals surface area contributed by atoms with Crippen LogP contribution in [0.25, 0.3) is 0 Å². The summed E-state index contributed by atoms with van der Waals surface area (Å²) < 4.78 is 30.6. The molecule has 0 saturated carbocycles. The van der Waals surface area contributed by atoms with Gasteiger partial charge in [0.25, 0.3) is 0 Å². The van der Waals surface area contributed by atoms with Crippen molar-refractivity contribution in [3.63, 3.8) is 0 Å². The van der Waals surface area contributed by atoms with Gasteiger partial charge in [-0.25, -0.2) is 13.6 Å². The van der Waals surface area contributed by atoms with E-state index >= 15 is 0 Å². The smallest absolute Gasteiger partial charge is 0.328 e. The molecule has 1 aromatic carbocycles. The van der Waals surface area contributed by atoms with Crippen LogP contribution in [0.15, 0.2) is 23.1 Å². The minimum atomic E-state index is -0.961. The molecule has 7 heteroatoms. The molecule has 0 radical (unpaired) electrons. The molecule has 0 unspecified atom stereocenters. The van der Waals surface area contributed by atoms with Crippen molar-refractivity contribution in [2.75, 3.05) is 12.9 Å². The van der Waals surface area contributed by atoms with Gasteiger partial charge in [0, 0.05) is 4.90 Å². The van der Waals surface area contributed by atoms with Crippen molar-refractivity contribution in [2.45, 2.75) is 31.2 Å². The topological polar surface area (TPSA) is 55.4 Å². The van der Waals surface area contributed by atoms with E-state index in [1.54, 1.807) is 0 Å². The highest BCUT2D eigenvalue weighted by molar-refractivity contribution is 8.00. The molecule has 22 heavy (non-hydrogen) atoms. The first-order valence-electron chi connectivity index (χ1n) is 6.84. The number of hydrogen-bond donors (Lipinski definition) is 1. The molecule has 122 valence electrons. The van der Waals surface area contributed by atoms with Crippen LogP contribution in [0, 0.1) is 17.6 Å². The first kappa shape index (κ1) is 18.4. The molecule has 0 heterocycles. The van der Waals surface area contributed by atoms with E-state index in [1.165, 1.54) is 13.2 Å². The van der Waals surface area contributed by atoms with Crippen LogP contribution >= 0.6 is 11.8 Å². The summed E-state index contributed by atoms with van der Waals surface area (Å²) in [5, 5.41) is 2.61. The molecule has 1 aromatic rings. The number of carbonyl (C=O) groups is 2. The molecule has 0 saturated heterocycles. The maximum Gasteiger partial charge on any atom is 0.328 e. The maximum atomic E-state index is 13.1. The minimum absolute atomic E-state index is 0.00496. The molecular weight excluding hydrogens is 312 g/mol. The molecule has 0 aliphatic carbocycles. The lowest BCUT2D eigenvalue weighted by molar-refractivity contribution is -0.146. The van der Waals surface area contributed by atoms with Crippen molar-refractivity contribution in [1.82, 2.24) is 5.32 Å². The van der Waals surface area contributed by atoms with Gasteiger partial charge in [-0.2, -0.15) is 0 Å². The molecule has 4 nitrogen and oxygen atoms in total. The van der Waals surface area contributed by atoms with Crippen molar-refractivity contribution in [3.05, 3.63) is 29.8 Å². The highest BCUT2D eigenvalue weighted by Gasteiger charge is 2.26. The number of nitrogens with one attached hydrogen (secondary N) is 1. The number of benzene rings is 1. The van der Waals surface area contributed by atoms with Crippen LogP contribution in [-0.4, -0.2) is 30.8 Å². The van der Waals surface area contributed by atoms with Gasteiger partial charge in [0.2, 0.25) is 5.91 Å². The van der Waals surface area contributed by atoms with Crippen molar-refractivity contribution >= 4 is 23.6 Å². The van der Waals surface area contributed by atoms with Crippen LogP contribution in [0.2, 0.25) is 0 Å². The van der Waals surface area contributed by atoms with E-state index in [2.05, 4.69) is 10.1 Å². The molecule has 0 aliphatic rings. The minimum Gasteiger partial charge on any atom is -0.467 e. The lowest BCUT2D eigenvalue weighted by Crippen LogP contribution is -2.46. The molecular formula is C15H19F2NO3S. The van der Waals surface area contributed by atoms with Gasteiger partial charge in [-0.15, -0.1) is 11.8 Å². The van der Waals surface area contributed by atoms with Gasteiger partial charge in [0.1, 0.15) is 6.04 Å². The van der Waals surface area contributed by atoms with E-state index in [4.69, 9.17) is 0 Å². The highest BCUT2D eigenvalue weighted by atomic mass is 32.2. The summed E-state index contributed by atoms with van der Waals surface area (Å²) >= 11 is 1.06. The normalized spacial score (nSPS) is 13.3. The van der Waals surface area contributed by atoms with Gasteiger partial charge in [0.05, 0.1) is 12.9 Å². The summed E-state index contributed by atoms with van der Waals surface area (Å²) in [6, 6.07) is 2.71.